The Balaban J connectivity index is 0.00000200. The zero-order chi connectivity index (χ0) is 13.5. The molecular formula is C15H28N4O. The highest BCUT2D eigenvalue weighted by molar-refractivity contribution is 5.75. The SMILES string of the molecule is C.CCCNC(=O)CCCCn1cc(CC2CC2)nn1. The lowest BCUT2D eigenvalue weighted by Gasteiger charge is -2.03. The van der Waals surface area contributed by atoms with Crippen LogP contribution in [0.2, 0.25) is 0 Å². The molecule has 1 amide bonds. The van der Waals surface area contributed by atoms with Gasteiger partial charge in [-0.15, -0.1) is 5.10 Å². The van der Waals surface area contributed by atoms with E-state index in [-0.39, 0.29) is 13.3 Å². The Morgan fingerprint density at radius 3 is 2.95 bits per heavy atom. The van der Waals surface area contributed by atoms with Gasteiger partial charge < -0.3 is 5.32 Å². The molecule has 1 heterocycles. The van der Waals surface area contributed by atoms with Crippen molar-refractivity contribution in [3.63, 3.8) is 0 Å². The number of nitrogens with one attached hydrogen (secondary N) is 1. The van der Waals surface area contributed by atoms with Gasteiger partial charge in [0.1, 0.15) is 0 Å². The second kappa shape index (κ2) is 8.72. The number of hydrogen-bond acceptors (Lipinski definition) is 3. The molecule has 1 N–H and O–H groups in total. The van der Waals surface area contributed by atoms with Gasteiger partial charge in [-0.25, -0.2) is 0 Å². The Labute approximate surface area is 122 Å². The molecule has 1 saturated carbocycles. The fourth-order valence-electron chi connectivity index (χ4n) is 2.07. The Hall–Kier alpha value is -1.39. The highest BCUT2D eigenvalue weighted by Crippen LogP contribution is 2.31. The van der Waals surface area contributed by atoms with E-state index in [4.69, 9.17) is 0 Å². The second-order valence-corrected chi connectivity index (χ2v) is 5.43. The van der Waals surface area contributed by atoms with Crippen LogP contribution < -0.4 is 5.32 Å². The van der Waals surface area contributed by atoms with Crippen LogP contribution in [0.3, 0.4) is 0 Å². The third kappa shape index (κ3) is 6.17. The molecule has 0 unspecified atom stereocenters. The molecule has 0 bridgehead atoms. The zero-order valence-electron chi connectivity index (χ0n) is 11.8. The maximum Gasteiger partial charge on any atom is 0.219 e. The molecule has 2 rings (SSSR count). The highest BCUT2D eigenvalue weighted by atomic mass is 16.1. The largest absolute Gasteiger partial charge is 0.356 e. The summed E-state index contributed by atoms with van der Waals surface area (Å²) in [5.74, 6) is 1.02. The van der Waals surface area contributed by atoms with Gasteiger partial charge in [-0.1, -0.05) is 19.6 Å². The Kier molecular flexibility index (Phi) is 7.26. The molecule has 0 spiro atoms. The summed E-state index contributed by atoms with van der Waals surface area (Å²) in [5.41, 5.74) is 1.11. The number of carbonyl (C=O) groups excluding carboxylic acids is 1. The Morgan fingerprint density at radius 2 is 2.25 bits per heavy atom. The van der Waals surface area contributed by atoms with Crippen molar-refractivity contribution in [3.05, 3.63) is 11.9 Å². The maximum absolute atomic E-state index is 11.4. The molecule has 5 heteroatoms. The molecule has 0 saturated heterocycles. The lowest BCUT2D eigenvalue weighted by molar-refractivity contribution is -0.121. The van der Waals surface area contributed by atoms with Crippen molar-refractivity contribution in [2.45, 2.75) is 65.8 Å². The van der Waals surface area contributed by atoms with Gasteiger partial charge in [-0.2, -0.15) is 0 Å². The van der Waals surface area contributed by atoms with E-state index in [1.54, 1.807) is 0 Å². The molecule has 0 radical (unpaired) electrons. The summed E-state index contributed by atoms with van der Waals surface area (Å²) in [6.07, 6.45) is 9.32. The van der Waals surface area contributed by atoms with Crippen LogP contribution >= 0.6 is 0 Å². The van der Waals surface area contributed by atoms with E-state index in [0.717, 1.165) is 50.4 Å². The van der Waals surface area contributed by atoms with Gasteiger partial charge in [0.2, 0.25) is 5.91 Å². The summed E-state index contributed by atoms with van der Waals surface area (Å²) in [5, 5.41) is 11.2. The molecule has 5 nitrogen and oxygen atoms in total. The minimum atomic E-state index is 0. The third-order valence-electron chi connectivity index (χ3n) is 3.39. The van der Waals surface area contributed by atoms with Crippen LogP contribution in [0.15, 0.2) is 6.20 Å². The molecular weight excluding hydrogens is 252 g/mol. The molecule has 1 aliphatic carbocycles. The number of rotatable bonds is 9. The summed E-state index contributed by atoms with van der Waals surface area (Å²) >= 11 is 0. The predicted octanol–water partition coefficient (Wildman–Crippen LogP) is 2.56. The Bertz CT molecular complexity index is 398. The fourth-order valence-corrected chi connectivity index (χ4v) is 2.07. The first kappa shape index (κ1) is 16.7. The van der Waals surface area contributed by atoms with Gasteiger partial charge in [-0.05, 0) is 44.4 Å². The quantitative estimate of drug-likeness (QED) is 0.707. The van der Waals surface area contributed by atoms with Crippen molar-refractivity contribution in [3.8, 4) is 0 Å². The average molecular weight is 280 g/mol. The van der Waals surface area contributed by atoms with Gasteiger partial charge in [0, 0.05) is 25.7 Å². The monoisotopic (exact) mass is 280 g/mol. The smallest absolute Gasteiger partial charge is 0.219 e. The average Bonchev–Trinajstić information content (AvgIpc) is 3.10. The van der Waals surface area contributed by atoms with Crippen LogP contribution in [-0.2, 0) is 17.8 Å². The maximum atomic E-state index is 11.4. The number of hydrogen-bond donors (Lipinski definition) is 1. The first-order valence-corrected chi connectivity index (χ1v) is 7.43. The minimum Gasteiger partial charge on any atom is -0.356 e. The van der Waals surface area contributed by atoms with E-state index < -0.39 is 0 Å². The summed E-state index contributed by atoms with van der Waals surface area (Å²) in [7, 11) is 0. The van der Waals surface area contributed by atoms with Crippen molar-refractivity contribution in [1.82, 2.24) is 20.3 Å². The van der Waals surface area contributed by atoms with Crippen LogP contribution in [0.5, 0.6) is 0 Å². The molecule has 114 valence electrons. The van der Waals surface area contributed by atoms with E-state index in [1.807, 2.05) is 4.68 Å². The lowest BCUT2D eigenvalue weighted by atomic mass is 10.2. The molecule has 1 aliphatic rings. The van der Waals surface area contributed by atoms with E-state index in [0.29, 0.717) is 6.42 Å². The number of amides is 1. The summed E-state index contributed by atoms with van der Waals surface area (Å²) in [6, 6.07) is 0. The first-order chi connectivity index (χ1) is 9.28. The zero-order valence-corrected chi connectivity index (χ0v) is 11.8. The van der Waals surface area contributed by atoms with Crippen molar-refractivity contribution in [2.75, 3.05) is 6.54 Å². The van der Waals surface area contributed by atoms with Crippen LogP contribution in [0, 0.1) is 5.92 Å². The molecule has 20 heavy (non-hydrogen) atoms. The molecule has 0 aliphatic heterocycles. The van der Waals surface area contributed by atoms with Crippen molar-refractivity contribution in [1.29, 1.82) is 0 Å². The van der Waals surface area contributed by atoms with E-state index in [1.165, 1.54) is 12.8 Å². The first-order valence-electron chi connectivity index (χ1n) is 7.43. The van der Waals surface area contributed by atoms with Gasteiger partial charge in [-0.3, -0.25) is 9.48 Å². The topological polar surface area (TPSA) is 59.8 Å². The van der Waals surface area contributed by atoms with E-state index >= 15 is 0 Å². The van der Waals surface area contributed by atoms with Gasteiger partial charge in [0.25, 0.3) is 0 Å². The predicted molar refractivity (Wildman–Crippen MR) is 80.3 cm³/mol. The van der Waals surface area contributed by atoms with E-state index in [2.05, 4.69) is 28.7 Å². The van der Waals surface area contributed by atoms with Crippen molar-refractivity contribution < 1.29 is 4.79 Å². The van der Waals surface area contributed by atoms with Gasteiger partial charge >= 0.3 is 0 Å². The van der Waals surface area contributed by atoms with Crippen molar-refractivity contribution >= 4 is 5.91 Å². The summed E-state index contributed by atoms with van der Waals surface area (Å²) in [6.45, 7) is 3.70. The molecule has 1 aromatic heterocycles. The van der Waals surface area contributed by atoms with Gasteiger partial charge in [0.15, 0.2) is 0 Å². The number of aromatic nitrogens is 3. The number of carbonyl (C=O) groups is 1. The second-order valence-electron chi connectivity index (χ2n) is 5.43. The summed E-state index contributed by atoms with van der Waals surface area (Å²) < 4.78 is 1.90. The van der Waals surface area contributed by atoms with Crippen molar-refractivity contribution in [2.24, 2.45) is 5.92 Å². The molecule has 0 atom stereocenters. The van der Waals surface area contributed by atoms with Crippen LogP contribution in [0.1, 0.15) is 58.6 Å². The number of nitrogens with zero attached hydrogens (tertiary/aromatic N) is 3. The molecule has 1 fully saturated rings. The summed E-state index contributed by atoms with van der Waals surface area (Å²) in [4.78, 5) is 11.4. The molecule has 0 aromatic carbocycles. The minimum absolute atomic E-state index is 0. The van der Waals surface area contributed by atoms with Gasteiger partial charge in [0.05, 0.1) is 5.69 Å². The third-order valence-corrected chi connectivity index (χ3v) is 3.39. The standard InChI is InChI=1S/C14H24N4O.CH4/c1-2-8-15-14(19)5-3-4-9-18-11-13(16-17-18)10-12-6-7-12;/h11-12H,2-10H2,1H3,(H,15,19);1H4. The van der Waals surface area contributed by atoms with Crippen LogP contribution in [0.4, 0.5) is 0 Å². The van der Waals surface area contributed by atoms with Crippen LogP contribution in [-0.4, -0.2) is 27.4 Å². The Morgan fingerprint density at radius 1 is 1.45 bits per heavy atom. The normalized spacial score (nSPS) is 13.8. The highest BCUT2D eigenvalue weighted by Gasteiger charge is 2.22. The lowest BCUT2D eigenvalue weighted by Crippen LogP contribution is -2.23. The fraction of sp³-hybridized carbons (Fsp3) is 0.800. The number of unbranched alkanes of at least 4 members (excludes halogenated alkanes) is 1. The van der Waals surface area contributed by atoms with Crippen LogP contribution in [0.25, 0.3) is 0 Å². The molecule has 1 aromatic rings. The van der Waals surface area contributed by atoms with E-state index in [9.17, 15) is 4.79 Å². The number of aryl methyl sites for hydroxylation is 1.